The smallest absolute Gasteiger partial charge is 0.338 e. The highest BCUT2D eigenvalue weighted by Gasteiger charge is 2.21. The molecule has 6 nitrogen and oxygen atoms in total. The average Bonchev–Trinajstić information content (AvgIpc) is 2.65. The van der Waals surface area contributed by atoms with Gasteiger partial charge in [-0.1, -0.05) is 0 Å². The van der Waals surface area contributed by atoms with Crippen molar-refractivity contribution in [2.24, 2.45) is 0 Å². The van der Waals surface area contributed by atoms with Crippen LogP contribution in [0, 0.1) is 13.8 Å². The lowest BCUT2D eigenvalue weighted by atomic mass is 10.1. The number of nitrogens with zero attached hydrogens (tertiary/aromatic N) is 1. The predicted octanol–water partition coefficient (Wildman–Crippen LogP) is 1.33. The van der Waals surface area contributed by atoms with E-state index in [1.807, 2.05) is 11.8 Å². The van der Waals surface area contributed by atoms with E-state index < -0.39 is 5.97 Å². The van der Waals surface area contributed by atoms with Crippen molar-refractivity contribution >= 4 is 28.2 Å². The molecule has 1 fully saturated rings. The average molecular weight is 298 g/mol. The molecule has 1 aliphatic heterocycles. The Morgan fingerprint density at radius 3 is 2.60 bits per heavy atom. The van der Waals surface area contributed by atoms with Gasteiger partial charge in [-0.2, -0.15) is 0 Å². The van der Waals surface area contributed by atoms with Gasteiger partial charge in [0.15, 0.2) is 0 Å². The van der Waals surface area contributed by atoms with Gasteiger partial charge >= 0.3 is 5.97 Å². The zero-order valence-electron chi connectivity index (χ0n) is 11.6. The van der Waals surface area contributed by atoms with E-state index in [0.717, 1.165) is 18.0 Å². The van der Waals surface area contributed by atoms with Crippen molar-refractivity contribution in [3.63, 3.8) is 0 Å². The number of carboxylic acid groups (broad SMARTS) is 1. The Labute approximate surface area is 121 Å². The third kappa shape index (κ3) is 3.36. The molecule has 0 saturated carbocycles. The van der Waals surface area contributed by atoms with Crippen LogP contribution in [0.25, 0.3) is 0 Å². The number of hydrogen-bond acceptors (Lipinski definition) is 5. The summed E-state index contributed by atoms with van der Waals surface area (Å²) >= 11 is 1.30. The molecule has 1 aromatic heterocycles. The highest BCUT2D eigenvalue weighted by atomic mass is 32.1. The van der Waals surface area contributed by atoms with Gasteiger partial charge in [0.1, 0.15) is 5.00 Å². The van der Waals surface area contributed by atoms with Crippen LogP contribution in [0.4, 0.5) is 5.00 Å². The summed E-state index contributed by atoms with van der Waals surface area (Å²) in [5.41, 5.74) is 0.909. The maximum absolute atomic E-state index is 12.0. The van der Waals surface area contributed by atoms with Crippen LogP contribution in [0.3, 0.4) is 0 Å². The van der Waals surface area contributed by atoms with E-state index in [9.17, 15) is 14.7 Å². The molecule has 1 aromatic rings. The van der Waals surface area contributed by atoms with E-state index in [4.69, 9.17) is 4.74 Å². The van der Waals surface area contributed by atoms with Crippen LogP contribution in [-0.2, 0) is 9.53 Å². The van der Waals surface area contributed by atoms with Crippen molar-refractivity contribution in [1.29, 1.82) is 0 Å². The van der Waals surface area contributed by atoms with Gasteiger partial charge in [-0.15, -0.1) is 11.3 Å². The summed E-state index contributed by atoms with van der Waals surface area (Å²) in [5.74, 6) is -1.19. The summed E-state index contributed by atoms with van der Waals surface area (Å²) in [4.78, 5) is 26.2. The molecule has 1 aliphatic rings. The summed E-state index contributed by atoms with van der Waals surface area (Å²) in [7, 11) is 0. The third-order valence-electron chi connectivity index (χ3n) is 3.32. The van der Waals surface area contributed by atoms with Crippen LogP contribution >= 0.6 is 11.3 Å². The molecule has 0 unspecified atom stereocenters. The van der Waals surface area contributed by atoms with E-state index in [0.29, 0.717) is 23.8 Å². The molecule has 2 rings (SSSR count). The van der Waals surface area contributed by atoms with E-state index in [1.165, 1.54) is 11.3 Å². The van der Waals surface area contributed by atoms with Crippen molar-refractivity contribution < 1.29 is 19.4 Å². The number of aryl methyl sites for hydroxylation is 1. The normalized spacial score (nSPS) is 16.1. The Kier molecular flexibility index (Phi) is 4.74. The van der Waals surface area contributed by atoms with Gasteiger partial charge in [-0.3, -0.25) is 9.69 Å². The summed E-state index contributed by atoms with van der Waals surface area (Å²) in [6, 6.07) is 0. The molecule has 1 saturated heterocycles. The second-order valence-electron chi connectivity index (χ2n) is 4.73. The summed E-state index contributed by atoms with van der Waals surface area (Å²) < 4.78 is 5.22. The first kappa shape index (κ1) is 15.0. The maximum atomic E-state index is 12.0. The van der Waals surface area contributed by atoms with Crippen LogP contribution < -0.4 is 5.32 Å². The van der Waals surface area contributed by atoms with Crippen molar-refractivity contribution in [3.8, 4) is 0 Å². The molecule has 0 radical (unpaired) electrons. The summed E-state index contributed by atoms with van der Waals surface area (Å²) in [5, 5.41) is 12.4. The standard InChI is InChI=1S/C13H18N2O4S/c1-8-9(2)20-12(11(8)13(17)18)14-10(16)7-15-3-5-19-6-4-15/h3-7H2,1-2H3,(H,14,16)(H,17,18). The highest BCUT2D eigenvalue weighted by molar-refractivity contribution is 7.16. The number of aromatic carboxylic acids is 1. The Bertz CT molecular complexity index is 521. The number of carbonyl (C=O) groups excluding carboxylic acids is 1. The van der Waals surface area contributed by atoms with E-state index in [1.54, 1.807) is 6.92 Å². The first-order valence-electron chi connectivity index (χ1n) is 6.42. The Morgan fingerprint density at radius 2 is 2.00 bits per heavy atom. The molecular formula is C13H18N2O4S. The second-order valence-corrected chi connectivity index (χ2v) is 5.95. The van der Waals surface area contributed by atoms with Crippen molar-refractivity contribution in [2.75, 3.05) is 38.2 Å². The highest BCUT2D eigenvalue weighted by Crippen LogP contribution is 2.32. The lowest BCUT2D eigenvalue weighted by Gasteiger charge is -2.25. The Balaban J connectivity index is 2.04. The first-order valence-corrected chi connectivity index (χ1v) is 7.24. The van der Waals surface area contributed by atoms with Gasteiger partial charge < -0.3 is 15.2 Å². The molecule has 1 amide bonds. The molecule has 2 N–H and O–H groups in total. The topological polar surface area (TPSA) is 78.9 Å². The number of ether oxygens (including phenoxy) is 1. The minimum absolute atomic E-state index is 0.185. The molecule has 0 atom stereocenters. The van der Waals surface area contributed by atoms with Crippen LogP contribution in [-0.4, -0.2) is 54.7 Å². The number of morpholine rings is 1. The zero-order chi connectivity index (χ0) is 14.7. The monoisotopic (exact) mass is 298 g/mol. The van der Waals surface area contributed by atoms with Crippen LogP contribution in [0.1, 0.15) is 20.8 Å². The van der Waals surface area contributed by atoms with E-state index >= 15 is 0 Å². The fraction of sp³-hybridized carbons (Fsp3) is 0.538. The van der Waals surface area contributed by atoms with Gasteiger partial charge in [-0.05, 0) is 19.4 Å². The summed E-state index contributed by atoms with van der Waals surface area (Å²) in [6.45, 7) is 6.58. The number of amides is 1. The fourth-order valence-electron chi connectivity index (χ4n) is 2.10. The van der Waals surface area contributed by atoms with E-state index in [2.05, 4.69) is 5.32 Å². The number of hydrogen-bond donors (Lipinski definition) is 2. The number of carbonyl (C=O) groups is 2. The quantitative estimate of drug-likeness (QED) is 0.877. The number of thiophene rings is 1. The number of anilines is 1. The minimum atomic E-state index is -1.01. The molecule has 0 spiro atoms. The molecular weight excluding hydrogens is 280 g/mol. The predicted molar refractivity (Wildman–Crippen MR) is 76.6 cm³/mol. The lowest BCUT2D eigenvalue weighted by molar-refractivity contribution is -0.118. The lowest BCUT2D eigenvalue weighted by Crippen LogP contribution is -2.41. The van der Waals surface area contributed by atoms with Crippen molar-refractivity contribution in [1.82, 2.24) is 4.90 Å². The van der Waals surface area contributed by atoms with Gasteiger partial charge in [0, 0.05) is 18.0 Å². The molecule has 2 heterocycles. The first-order chi connectivity index (χ1) is 9.49. The van der Waals surface area contributed by atoms with Gasteiger partial charge in [0.05, 0.1) is 25.3 Å². The van der Waals surface area contributed by atoms with Crippen LogP contribution in [0.15, 0.2) is 0 Å². The molecule has 20 heavy (non-hydrogen) atoms. The third-order valence-corrected chi connectivity index (χ3v) is 4.45. The van der Waals surface area contributed by atoms with Gasteiger partial charge in [-0.25, -0.2) is 4.79 Å². The molecule has 7 heteroatoms. The number of carboxylic acids is 1. The van der Waals surface area contributed by atoms with Gasteiger partial charge in [0.2, 0.25) is 5.91 Å². The summed E-state index contributed by atoms with van der Waals surface area (Å²) in [6.07, 6.45) is 0. The zero-order valence-corrected chi connectivity index (χ0v) is 12.4. The maximum Gasteiger partial charge on any atom is 0.338 e. The largest absolute Gasteiger partial charge is 0.478 e. The van der Waals surface area contributed by atoms with Crippen molar-refractivity contribution in [3.05, 3.63) is 16.0 Å². The second kappa shape index (κ2) is 6.34. The Hall–Kier alpha value is -1.44. The number of nitrogens with one attached hydrogen (secondary N) is 1. The fourth-order valence-corrected chi connectivity index (χ4v) is 3.17. The molecule has 0 aliphatic carbocycles. The number of rotatable bonds is 4. The molecule has 0 aromatic carbocycles. The van der Waals surface area contributed by atoms with Crippen LogP contribution in [0.5, 0.6) is 0 Å². The Morgan fingerprint density at radius 1 is 1.35 bits per heavy atom. The van der Waals surface area contributed by atoms with Gasteiger partial charge in [0.25, 0.3) is 0 Å². The SMILES string of the molecule is Cc1sc(NC(=O)CN2CCOCC2)c(C(=O)O)c1C. The van der Waals surface area contributed by atoms with Crippen LogP contribution in [0.2, 0.25) is 0 Å². The minimum Gasteiger partial charge on any atom is -0.478 e. The molecule has 110 valence electrons. The van der Waals surface area contributed by atoms with E-state index in [-0.39, 0.29) is 18.0 Å². The molecule has 0 bridgehead atoms. The van der Waals surface area contributed by atoms with Crippen molar-refractivity contribution in [2.45, 2.75) is 13.8 Å².